The molecule has 0 atom stereocenters. The number of aromatic nitrogens is 2. The molecule has 1 aromatic rings. The SMILES string of the molecule is O=C(NCCC1CCCC1)c1cn2c(n1)NCCC2. The van der Waals surface area contributed by atoms with E-state index in [1.54, 1.807) is 0 Å². The van der Waals surface area contributed by atoms with Gasteiger partial charge in [-0.2, -0.15) is 0 Å². The first-order valence-electron chi connectivity index (χ1n) is 7.42. The average molecular weight is 262 g/mol. The van der Waals surface area contributed by atoms with Crippen LogP contribution in [0.2, 0.25) is 0 Å². The van der Waals surface area contributed by atoms with Crippen LogP contribution in [-0.2, 0) is 6.54 Å². The van der Waals surface area contributed by atoms with Crippen molar-refractivity contribution in [2.75, 3.05) is 18.4 Å². The first-order valence-corrected chi connectivity index (χ1v) is 7.42. The lowest BCUT2D eigenvalue weighted by molar-refractivity contribution is 0.0947. The summed E-state index contributed by atoms with van der Waals surface area (Å²) in [7, 11) is 0. The van der Waals surface area contributed by atoms with Gasteiger partial charge in [-0.15, -0.1) is 0 Å². The summed E-state index contributed by atoms with van der Waals surface area (Å²) in [6, 6.07) is 0. The second kappa shape index (κ2) is 5.63. The van der Waals surface area contributed by atoms with Gasteiger partial charge in [-0.25, -0.2) is 4.98 Å². The van der Waals surface area contributed by atoms with Crippen LogP contribution in [0.4, 0.5) is 5.95 Å². The molecular weight excluding hydrogens is 240 g/mol. The van der Waals surface area contributed by atoms with E-state index in [-0.39, 0.29) is 5.91 Å². The number of amides is 1. The molecule has 1 fully saturated rings. The van der Waals surface area contributed by atoms with Crippen molar-refractivity contribution in [2.24, 2.45) is 5.92 Å². The van der Waals surface area contributed by atoms with E-state index >= 15 is 0 Å². The zero-order chi connectivity index (χ0) is 13.1. The molecule has 1 aliphatic heterocycles. The number of hydrogen-bond acceptors (Lipinski definition) is 3. The van der Waals surface area contributed by atoms with Gasteiger partial charge in [0.15, 0.2) is 0 Å². The van der Waals surface area contributed by atoms with Gasteiger partial charge >= 0.3 is 0 Å². The second-order valence-electron chi connectivity index (χ2n) is 5.62. The molecule has 2 heterocycles. The summed E-state index contributed by atoms with van der Waals surface area (Å²) < 4.78 is 2.02. The summed E-state index contributed by atoms with van der Waals surface area (Å²) in [5.74, 6) is 1.60. The number of nitrogens with zero attached hydrogens (tertiary/aromatic N) is 2. The van der Waals surface area contributed by atoms with E-state index in [0.29, 0.717) is 5.69 Å². The summed E-state index contributed by atoms with van der Waals surface area (Å²) in [5.41, 5.74) is 0.538. The third-order valence-corrected chi connectivity index (χ3v) is 4.18. The molecule has 1 amide bonds. The molecule has 104 valence electrons. The Bertz CT molecular complexity index is 425. The number of carbonyl (C=O) groups is 1. The minimum absolute atomic E-state index is 0.0401. The van der Waals surface area contributed by atoms with E-state index in [9.17, 15) is 4.79 Å². The van der Waals surface area contributed by atoms with E-state index < -0.39 is 0 Å². The predicted molar refractivity (Wildman–Crippen MR) is 74.2 cm³/mol. The molecule has 19 heavy (non-hydrogen) atoms. The molecule has 2 aliphatic rings. The molecule has 3 rings (SSSR count). The maximum atomic E-state index is 12.0. The molecule has 1 aliphatic carbocycles. The summed E-state index contributed by atoms with van der Waals surface area (Å²) >= 11 is 0. The lowest BCUT2D eigenvalue weighted by Gasteiger charge is -2.14. The molecule has 2 N–H and O–H groups in total. The molecule has 0 aromatic carbocycles. The Morgan fingerprint density at radius 3 is 3.05 bits per heavy atom. The topological polar surface area (TPSA) is 59.0 Å². The van der Waals surface area contributed by atoms with E-state index in [2.05, 4.69) is 15.6 Å². The van der Waals surface area contributed by atoms with E-state index in [1.165, 1.54) is 25.7 Å². The molecule has 1 aromatic heterocycles. The Hall–Kier alpha value is -1.52. The highest BCUT2D eigenvalue weighted by Gasteiger charge is 2.18. The largest absolute Gasteiger partial charge is 0.356 e. The van der Waals surface area contributed by atoms with Gasteiger partial charge in [0.2, 0.25) is 5.95 Å². The molecule has 0 unspecified atom stereocenters. The Morgan fingerprint density at radius 2 is 2.26 bits per heavy atom. The van der Waals surface area contributed by atoms with Crippen molar-refractivity contribution in [2.45, 2.75) is 45.1 Å². The standard InChI is InChI=1S/C14H22N4O/c19-13(15-8-6-11-4-1-2-5-11)12-10-18-9-3-7-16-14(18)17-12/h10-11H,1-9H2,(H,15,19)(H,16,17). The van der Waals surface area contributed by atoms with E-state index in [0.717, 1.165) is 44.3 Å². The third kappa shape index (κ3) is 2.91. The summed E-state index contributed by atoms with van der Waals surface area (Å²) in [6.45, 7) is 2.67. The second-order valence-corrected chi connectivity index (χ2v) is 5.62. The van der Waals surface area contributed by atoms with Crippen molar-refractivity contribution in [3.63, 3.8) is 0 Å². The van der Waals surface area contributed by atoms with Gasteiger partial charge in [-0.05, 0) is 18.8 Å². The van der Waals surface area contributed by atoms with Gasteiger partial charge < -0.3 is 15.2 Å². The van der Waals surface area contributed by atoms with E-state index in [4.69, 9.17) is 0 Å². The molecule has 0 bridgehead atoms. The van der Waals surface area contributed by atoms with Crippen molar-refractivity contribution in [1.29, 1.82) is 0 Å². The molecule has 0 radical (unpaired) electrons. The van der Waals surface area contributed by atoms with Crippen molar-refractivity contribution in [3.05, 3.63) is 11.9 Å². The smallest absolute Gasteiger partial charge is 0.271 e. The number of imidazole rings is 1. The zero-order valence-corrected chi connectivity index (χ0v) is 11.3. The quantitative estimate of drug-likeness (QED) is 0.872. The fraction of sp³-hybridized carbons (Fsp3) is 0.714. The summed E-state index contributed by atoms with van der Waals surface area (Å²) in [6.07, 6.45) is 9.43. The Morgan fingerprint density at radius 1 is 1.42 bits per heavy atom. The van der Waals surface area contributed by atoms with Crippen LogP contribution < -0.4 is 10.6 Å². The first kappa shape index (κ1) is 12.5. The number of fused-ring (bicyclic) bond motifs is 1. The molecule has 0 spiro atoms. The first-order chi connectivity index (χ1) is 9.33. The van der Waals surface area contributed by atoms with Crippen LogP contribution in [0.3, 0.4) is 0 Å². The van der Waals surface area contributed by atoms with Crippen molar-refractivity contribution >= 4 is 11.9 Å². The number of aryl methyl sites for hydroxylation is 1. The monoisotopic (exact) mass is 262 g/mol. The van der Waals surface area contributed by atoms with Gasteiger partial charge in [0.1, 0.15) is 5.69 Å². The summed E-state index contributed by atoms with van der Waals surface area (Å²) in [4.78, 5) is 16.4. The van der Waals surface area contributed by atoms with Crippen LogP contribution >= 0.6 is 0 Å². The Balaban J connectivity index is 1.50. The van der Waals surface area contributed by atoms with Crippen molar-refractivity contribution in [1.82, 2.24) is 14.9 Å². The lowest BCUT2D eigenvalue weighted by atomic mass is 10.0. The number of rotatable bonds is 4. The highest BCUT2D eigenvalue weighted by Crippen LogP contribution is 2.26. The Labute approximate surface area is 113 Å². The molecule has 5 nitrogen and oxygen atoms in total. The van der Waals surface area contributed by atoms with Gasteiger partial charge in [0, 0.05) is 25.8 Å². The third-order valence-electron chi connectivity index (χ3n) is 4.18. The Kier molecular flexibility index (Phi) is 3.71. The minimum Gasteiger partial charge on any atom is -0.356 e. The molecule has 0 saturated heterocycles. The maximum absolute atomic E-state index is 12.0. The van der Waals surface area contributed by atoms with Crippen LogP contribution in [0.5, 0.6) is 0 Å². The lowest BCUT2D eigenvalue weighted by Crippen LogP contribution is -2.26. The van der Waals surface area contributed by atoms with Crippen molar-refractivity contribution in [3.8, 4) is 0 Å². The van der Waals surface area contributed by atoms with Gasteiger partial charge in [-0.3, -0.25) is 4.79 Å². The van der Waals surface area contributed by atoms with Crippen molar-refractivity contribution < 1.29 is 4.79 Å². The van der Waals surface area contributed by atoms with E-state index in [1.807, 2.05) is 10.8 Å². The normalized spacial score (nSPS) is 18.9. The number of anilines is 1. The van der Waals surface area contributed by atoms with Crippen LogP contribution in [0.25, 0.3) is 0 Å². The average Bonchev–Trinajstić information content (AvgIpc) is 3.07. The highest BCUT2D eigenvalue weighted by atomic mass is 16.1. The zero-order valence-electron chi connectivity index (χ0n) is 11.3. The molecular formula is C14H22N4O. The van der Waals surface area contributed by atoms with Gasteiger partial charge in [-0.1, -0.05) is 25.7 Å². The van der Waals surface area contributed by atoms with Crippen LogP contribution in [0.1, 0.15) is 49.0 Å². The number of hydrogen-bond donors (Lipinski definition) is 2. The maximum Gasteiger partial charge on any atom is 0.271 e. The number of nitrogens with one attached hydrogen (secondary N) is 2. The fourth-order valence-electron chi connectivity index (χ4n) is 3.07. The minimum atomic E-state index is -0.0401. The van der Waals surface area contributed by atoms with Crippen LogP contribution in [0, 0.1) is 5.92 Å². The molecule has 1 saturated carbocycles. The van der Waals surface area contributed by atoms with Gasteiger partial charge in [0.25, 0.3) is 5.91 Å². The van der Waals surface area contributed by atoms with Crippen LogP contribution in [-0.4, -0.2) is 28.5 Å². The molecule has 5 heteroatoms. The fourth-order valence-corrected chi connectivity index (χ4v) is 3.07. The van der Waals surface area contributed by atoms with Crippen LogP contribution in [0.15, 0.2) is 6.20 Å². The summed E-state index contributed by atoms with van der Waals surface area (Å²) in [5, 5.41) is 6.20. The van der Waals surface area contributed by atoms with Gasteiger partial charge in [0.05, 0.1) is 0 Å². The predicted octanol–water partition coefficient (Wildman–Crippen LogP) is 2.01. The highest BCUT2D eigenvalue weighted by molar-refractivity contribution is 5.92. The number of carbonyl (C=O) groups excluding carboxylic acids is 1.